The molecule has 1 aliphatic heterocycles. The van der Waals surface area contributed by atoms with Crippen molar-refractivity contribution in [3.05, 3.63) is 17.0 Å². The molecular formula is C14H19N3O2S. The number of carbonyl (C=O) groups excluding carboxylic acids is 1. The molecule has 1 aromatic rings. The molecule has 2 rings (SSSR count). The average molecular weight is 293 g/mol. The fraction of sp³-hybridized carbons (Fsp3) is 0.571. The Kier molecular flexibility index (Phi) is 5.53. The Morgan fingerprint density at radius 2 is 2.55 bits per heavy atom. The Morgan fingerprint density at radius 3 is 3.30 bits per heavy atom. The maximum absolute atomic E-state index is 11.9. The fourth-order valence-corrected chi connectivity index (χ4v) is 2.93. The molecule has 0 aromatic carbocycles. The first-order chi connectivity index (χ1) is 9.72. The van der Waals surface area contributed by atoms with Crippen molar-refractivity contribution in [1.82, 2.24) is 4.90 Å². The van der Waals surface area contributed by atoms with Gasteiger partial charge < -0.3 is 10.1 Å². The molecule has 0 aliphatic carbocycles. The van der Waals surface area contributed by atoms with Crippen LogP contribution in [0.1, 0.15) is 25.3 Å². The van der Waals surface area contributed by atoms with E-state index in [1.165, 1.54) is 11.3 Å². The Labute approximate surface area is 123 Å². The normalized spacial score (nSPS) is 19.5. The maximum atomic E-state index is 11.9. The summed E-state index contributed by atoms with van der Waals surface area (Å²) < 4.78 is 5.60. The SMILES string of the molecule is CC[C@H]1CN(CCC(=O)Nc2sccc2C#N)CCO1. The van der Waals surface area contributed by atoms with E-state index < -0.39 is 0 Å². The lowest BCUT2D eigenvalue weighted by atomic mass is 10.2. The van der Waals surface area contributed by atoms with Gasteiger partial charge in [-0.15, -0.1) is 11.3 Å². The number of rotatable bonds is 5. The molecule has 0 unspecified atom stereocenters. The second-order valence-electron chi connectivity index (χ2n) is 4.78. The summed E-state index contributed by atoms with van der Waals surface area (Å²) >= 11 is 1.38. The number of hydrogen-bond acceptors (Lipinski definition) is 5. The summed E-state index contributed by atoms with van der Waals surface area (Å²) in [7, 11) is 0. The van der Waals surface area contributed by atoms with E-state index in [0.29, 0.717) is 17.0 Å². The topological polar surface area (TPSA) is 65.4 Å². The van der Waals surface area contributed by atoms with Crippen LogP contribution in [0.3, 0.4) is 0 Å². The maximum Gasteiger partial charge on any atom is 0.226 e. The second kappa shape index (κ2) is 7.39. The van der Waals surface area contributed by atoms with E-state index in [-0.39, 0.29) is 12.0 Å². The van der Waals surface area contributed by atoms with Gasteiger partial charge in [-0.2, -0.15) is 5.26 Å². The zero-order valence-corrected chi connectivity index (χ0v) is 12.4. The van der Waals surface area contributed by atoms with Gasteiger partial charge in [0.15, 0.2) is 0 Å². The molecule has 1 saturated heterocycles. The van der Waals surface area contributed by atoms with Crippen molar-refractivity contribution in [3.8, 4) is 6.07 Å². The minimum Gasteiger partial charge on any atom is -0.376 e. The first kappa shape index (κ1) is 15.0. The van der Waals surface area contributed by atoms with Gasteiger partial charge in [0, 0.05) is 26.1 Å². The highest BCUT2D eigenvalue weighted by Crippen LogP contribution is 2.22. The van der Waals surface area contributed by atoms with Gasteiger partial charge in [0.25, 0.3) is 0 Å². The molecule has 1 amide bonds. The van der Waals surface area contributed by atoms with Crippen molar-refractivity contribution in [2.75, 3.05) is 31.6 Å². The first-order valence-corrected chi connectivity index (χ1v) is 7.72. The van der Waals surface area contributed by atoms with Crippen LogP contribution >= 0.6 is 11.3 Å². The molecule has 2 heterocycles. The summed E-state index contributed by atoms with van der Waals surface area (Å²) in [5, 5.41) is 14.2. The van der Waals surface area contributed by atoms with E-state index >= 15 is 0 Å². The molecule has 6 heteroatoms. The number of morpholine rings is 1. The predicted octanol–water partition coefficient (Wildman–Crippen LogP) is 2.06. The van der Waals surface area contributed by atoms with E-state index in [4.69, 9.17) is 10.00 Å². The Balaban J connectivity index is 1.76. The van der Waals surface area contributed by atoms with Crippen molar-refractivity contribution in [2.45, 2.75) is 25.9 Å². The molecule has 1 N–H and O–H groups in total. The van der Waals surface area contributed by atoms with Gasteiger partial charge in [0.05, 0.1) is 18.3 Å². The molecule has 0 radical (unpaired) electrons. The number of hydrogen-bond donors (Lipinski definition) is 1. The van der Waals surface area contributed by atoms with E-state index in [9.17, 15) is 4.79 Å². The third-order valence-electron chi connectivity index (χ3n) is 3.37. The highest BCUT2D eigenvalue weighted by atomic mass is 32.1. The monoisotopic (exact) mass is 293 g/mol. The van der Waals surface area contributed by atoms with Crippen molar-refractivity contribution < 1.29 is 9.53 Å². The van der Waals surface area contributed by atoms with Crippen LogP contribution in [-0.4, -0.2) is 43.2 Å². The summed E-state index contributed by atoms with van der Waals surface area (Å²) in [6.07, 6.45) is 1.73. The number of nitrogens with zero attached hydrogens (tertiary/aromatic N) is 2. The van der Waals surface area contributed by atoms with E-state index in [0.717, 1.165) is 32.7 Å². The molecule has 5 nitrogen and oxygen atoms in total. The largest absolute Gasteiger partial charge is 0.376 e. The van der Waals surface area contributed by atoms with Crippen molar-refractivity contribution in [3.63, 3.8) is 0 Å². The third kappa shape index (κ3) is 4.04. The molecule has 1 aliphatic rings. The number of nitriles is 1. The predicted molar refractivity (Wildman–Crippen MR) is 78.8 cm³/mol. The standard InChI is InChI=1S/C14H19N3O2S/c1-2-12-10-17(6-7-19-12)5-3-13(18)16-14-11(9-15)4-8-20-14/h4,8,12H,2-3,5-7,10H2,1H3,(H,16,18)/t12-/m0/s1. The molecule has 20 heavy (non-hydrogen) atoms. The van der Waals surface area contributed by atoms with Gasteiger partial charge in [0.2, 0.25) is 5.91 Å². The Morgan fingerprint density at radius 1 is 1.70 bits per heavy atom. The average Bonchev–Trinajstić information content (AvgIpc) is 2.92. The molecule has 0 bridgehead atoms. The van der Waals surface area contributed by atoms with Crippen LogP contribution in [-0.2, 0) is 9.53 Å². The van der Waals surface area contributed by atoms with Crippen LogP contribution in [0.25, 0.3) is 0 Å². The van der Waals surface area contributed by atoms with Gasteiger partial charge in [0.1, 0.15) is 11.1 Å². The van der Waals surface area contributed by atoms with E-state index in [2.05, 4.69) is 23.2 Å². The number of anilines is 1. The van der Waals surface area contributed by atoms with Gasteiger partial charge in [-0.05, 0) is 17.9 Å². The third-order valence-corrected chi connectivity index (χ3v) is 4.20. The lowest BCUT2D eigenvalue weighted by Crippen LogP contribution is -2.43. The van der Waals surface area contributed by atoms with Gasteiger partial charge in [-0.25, -0.2) is 0 Å². The minimum absolute atomic E-state index is 0.0384. The minimum atomic E-state index is -0.0384. The summed E-state index contributed by atoms with van der Waals surface area (Å²) in [5.74, 6) is -0.0384. The summed E-state index contributed by atoms with van der Waals surface area (Å²) in [6, 6.07) is 3.78. The number of nitrogens with one attached hydrogen (secondary N) is 1. The summed E-state index contributed by atoms with van der Waals surface area (Å²) in [6.45, 7) is 5.36. The van der Waals surface area contributed by atoms with Gasteiger partial charge in [-0.1, -0.05) is 6.92 Å². The zero-order chi connectivity index (χ0) is 14.4. The van der Waals surface area contributed by atoms with Crippen LogP contribution in [0.4, 0.5) is 5.00 Å². The quantitative estimate of drug-likeness (QED) is 0.902. The molecule has 108 valence electrons. The van der Waals surface area contributed by atoms with Crippen LogP contribution in [0.5, 0.6) is 0 Å². The lowest BCUT2D eigenvalue weighted by Gasteiger charge is -2.32. The summed E-state index contributed by atoms with van der Waals surface area (Å²) in [4.78, 5) is 14.2. The number of amides is 1. The second-order valence-corrected chi connectivity index (χ2v) is 5.69. The zero-order valence-electron chi connectivity index (χ0n) is 11.6. The molecule has 0 saturated carbocycles. The highest BCUT2D eigenvalue weighted by molar-refractivity contribution is 7.14. The van der Waals surface area contributed by atoms with Crippen molar-refractivity contribution in [2.24, 2.45) is 0 Å². The van der Waals surface area contributed by atoms with E-state index in [1.54, 1.807) is 6.07 Å². The molecule has 0 spiro atoms. The Bertz CT molecular complexity index is 495. The van der Waals surface area contributed by atoms with Crippen LogP contribution in [0.15, 0.2) is 11.4 Å². The van der Waals surface area contributed by atoms with Crippen LogP contribution in [0, 0.1) is 11.3 Å². The summed E-state index contributed by atoms with van der Waals surface area (Å²) in [5.41, 5.74) is 0.528. The lowest BCUT2D eigenvalue weighted by molar-refractivity contribution is -0.117. The highest BCUT2D eigenvalue weighted by Gasteiger charge is 2.19. The van der Waals surface area contributed by atoms with Gasteiger partial charge >= 0.3 is 0 Å². The molecule has 1 atom stereocenters. The fourth-order valence-electron chi connectivity index (χ4n) is 2.17. The number of ether oxygens (including phenoxy) is 1. The molecule has 1 fully saturated rings. The van der Waals surface area contributed by atoms with E-state index in [1.807, 2.05) is 5.38 Å². The van der Waals surface area contributed by atoms with Gasteiger partial charge in [-0.3, -0.25) is 9.69 Å². The van der Waals surface area contributed by atoms with Crippen molar-refractivity contribution >= 4 is 22.2 Å². The number of carbonyl (C=O) groups is 1. The number of thiophene rings is 1. The first-order valence-electron chi connectivity index (χ1n) is 6.84. The van der Waals surface area contributed by atoms with Crippen LogP contribution < -0.4 is 5.32 Å². The molecule has 1 aromatic heterocycles. The smallest absolute Gasteiger partial charge is 0.226 e. The van der Waals surface area contributed by atoms with Crippen LogP contribution in [0.2, 0.25) is 0 Å². The molecular weight excluding hydrogens is 274 g/mol. The van der Waals surface area contributed by atoms with Crippen molar-refractivity contribution in [1.29, 1.82) is 5.26 Å². The Hall–Kier alpha value is -1.42.